The van der Waals surface area contributed by atoms with Crippen molar-refractivity contribution < 1.29 is 14.6 Å². The summed E-state index contributed by atoms with van der Waals surface area (Å²) in [4.78, 5) is 11.3. The summed E-state index contributed by atoms with van der Waals surface area (Å²) in [7, 11) is 0. The predicted molar refractivity (Wildman–Crippen MR) is 100 cm³/mol. The highest BCUT2D eigenvalue weighted by atomic mass is 35.5. The van der Waals surface area contributed by atoms with Crippen molar-refractivity contribution in [1.29, 1.82) is 0 Å². The van der Waals surface area contributed by atoms with E-state index in [2.05, 4.69) is 11.8 Å². The summed E-state index contributed by atoms with van der Waals surface area (Å²) in [6.07, 6.45) is -0.743. The number of halogens is 2. The van der Waals surface area contributed by atoms with Crippen LogP contribution >= 0.6 is 23.2 Å². The summed E-state index contributed by atoms with van der Waals surface area (Å²) in [5, 5.41) is 10.2. The largest absolute Gasteiger partial charge is 0.479 e. The smallest absolute Gasteiger partial charge is 0.333 e. The lowest BCUT2D eigenvalue weighted by Gasteiger charge is -2.16. The van der Waals surface area contributed by atoms with Crippen molar-refractivity contribution >= 4 is 29.2 Å². The Bertz CT molecular complexity index is 819. The van der Waals surface area contributed by atoms with Crippen LogP contribution in [0.2, 0.25) is 10.0 Å². The first-order chi connectivity index (χ1) is 11.8. The third-order valence-corrected chi connectivity index (χ3v) is 4.07. The molecule has 0 aromatic heterocycles. The quantitative estimate of drug-likeness (QED) is 0.761. The number of rotatable bonds is 5. The molecule has 25 heavy (non-hydrogen) atoms. The molecule has 0 radical (unpaired) electrons. The van der Waals surface area contributed by atoms with Gasteiger partial charge in [0.2, 0.25) is 0 Å². The maximum absolute atomic E-state index is 11.3. The fourth-order valence-electron chi connectivity index (χ4n) is 2.23. The second-order valence-electron chi connectivity index (χ2n) is 5.80. The monoisotopic (exact) mass is 376 g/mol. The number of hydrogen-bond acceptors (Lipinski definition) is 2. The topological polar surface area (TPSA) is 46.5 Å². The zero-order chi connectivity index (χ0) is 18.4. The van der Waals surface area contributed by atoms with Crippen LogP contribution in [0.25, 0.3) is 0 Å². The molecule has 130 valence electrons. The summed E-state index contributed by atoms with van der Waals surface area (Å²) in [5.74, 6) is 5.10. The van der Waals surface area contributed by atoms with E-state index in [4.69, 9.17) is 27.9 Å². The second-order valence-corrected chi connectivity index (χ2v) is 6.61. The van der Waals surface area contributed by atoms with Crippen LogP contribution in [0.5, 0.6) is 0 Å². The van der Waals surface area contributed by atoms with Crippen molar-refractivity contribution in [3.8, 4) is 11.8 Å². The fourth-order valence-corrected chi connectivity index (χ4v) is 2.53. The summed E-state index contributed by atoms with van der Waals surface area (Å²) in [5.41, 5.74) is 2.40. The zero-order valence-electron chi connectivity index (χ0n) is 13.9. The number of carboxylic acids is 1. The molecule has 0 bridgehead atoms. The van der Waals surface area contributed by atoms with Gasteiger partial charge in [-0.3, -0.25) is 0 Å². The maximum atomic E-state index is 11.3. The van der Waals surface area contributed by atoms with Crippen molar-refractivity contribution in [2.24, 2.45) is 0 Å². The van der Waals surface area contributed by atoms with Crippen molar-refractivity contribution in [3.63, 3.8) is 0 Å². The molecular weight excluding hydrogens is 359 g/mol. The van der Waals surface area contributed by atoms with Crippen LogP contribution in [0.3, 0.4) is 0 Å². The normalized spacial score (nSPS) is 11.7. The van der Waals surface area contributed by atoms with Gasteiger partial charge in [0.05, 0.1) is 16.1 Å². The summed E-state index contributed by atoms with van der Waals surface area (Å²) in [6.45, 7) is 3.63. The van der Waals surface area contributed by atoms with E-state index in [1.807, 2.05) is 38.1 Å². The molecule has 1 unspecified atom stereocenters. The maximum Gasteiger partial charge on any atom is 0.333 e. The standard InChI is InChI=1S/C20H18Cl2O3/c1-13(2)25-19(20(23)24)12-16-5-3-4-14(10-16)6-7-15-8-9-17(21)18(22)11-15/h3-5,8-11,13,19H,12H2,1-2H3,(H,23,24). The molecule has 0 amide bonds. The summed E-state index contributed by atoms with van der Waals surface area (Å²) in [6, 6.07) is 12.6. The molecule has 2 aromatic carbocycles. The van der Waals surface area contributed by atoms with Gasteiger partial charge in [-0.2, -0.15) is 0 Å². The SMILES string of the molecule is CC(C)OC(Cc1cccc(C#Cc2ccc(Cl)c(Cl)c2)c1)C(=O)O. The molecule has 0 fully saturated rings. The lowest BCUT2D eigenvalue weighted by Crippen LogP contribution is -2.29. The van der Waals surface area contributed by atoms with Crippen LogP contribution in [0.1, 0.15) is 30.5 Å². The van der Waals surface area contributed by atoms with E-state index in [-0.39, 0.29) is 12.5 Å². The fraction of sp³-hybridized carbons (Fsp3) is 0.250. The van der Waals surface area contributed by atoms with Gasteiger partial charge in [0.25, 0.3) is 0 Å². The first kappa shape index (κ1) is 19.3. The average molecular weight is 377 g/mol. The lowest BCUT2D eigenvalue weighted by molar-refractivity contribution is -0.153. The van der Waals surface area contributed by atoms with Crippen LogP contribution in [-0.2, 0) is 16.0 Å². The highest BCUT2D eigenvalue weighted by molar-refractivity contribution is 6.42. The predicted octanol–water partition coefficient (Wildman–Crippen LogP) is 4.81. The number of aliphatic carboxylic acids is 1. The highest BCUT2D eigenvalue weighted by Gasteiger charge is 2.20. The molecule has 0 spiro atoms. The van der Waals surface area contributed by atoms with E-state index in [1.165, 1.54) is 0 Å². The number of benzene rings is 2. The summed E-state index contributed by atoms with van der Waals surface area (Å²) >= 11 is 11.9. The third kappa shape index (κ3) is 6.10. The number of carbonyl (C=O) groups is 1. The Labute approximate surface area is 157 Å². The van der Waals surface area contributed by atoms with E-state index in [0.29, 0.717) is 10.0 Å². The van der Waals surface area contributed by atoms with Crippen molar-refractivity contribution in [3.05, 3.63) is 69.2 Å². The van der Waals surface area contributed by atoms with Gasteiger partial charge in [-0.05, 0) is 49.7 Å². The van der Waals surface area contributed by atoms with Crippen LogP contribution in [-0.4, -0.2) is 23.3 Å². The van der Waals surface area contributed by atoms with Gasteiger partial charge in [0.15, 0.2) is 6.10 Å². The first-order valence-electron chi connectivity index (χ1n) is 7.79. The Kier molecular flexibility index (Phi) is 6.90. The molecule has 0 aliphatic carbocycles. The Hall–Kier alpha value is -1.99. The molecule has 3 nitrogen and oxygen atoms in total. The molecule has 0 aliphatic heterocycles. The number of carboxylic acid groups (broad SMARTS) is 1. The van der Waals surface area contributed by atoms with Crippen LogP contribution < -0.4 is 0 Å². The molecule has 2 aromatic rings. The molecule has 0 aliphatic rings. The van der Waals surface area contributed by atoms with Crippen molar-refractivity contribution in [1.82, 2.24) is 0 Å². The molecule has 0 saturated heterocycles. The Balaban J connectivity index is 2.17. The minimum atomic E-state index is -0.971. The van der Waals surface area contributed by atoms with Crippen LogP contribution in [0.15, 0.2) is 42.5 Å². The molecule has 1 atom stereocenters. The minimum Gasteiger partial charge on any atom is -0.479 e. The molecule has 0 heterocycles. The molecule has 0 saturated carbocycles. The Morgan fingerprint density at radius 1 is 1.08 bits per heavy atom. The average Bonchev–Trinajstić information content (AvgIpc) is 2.55. The van der Waals surface area contributed by atoms with Crippen LogP contribution in [0, 0.1) is 11.8 Å². The molecule has 2 rings (SSSR count). The molecule has 1 N–H and O–H groups in total. The van der Waals surface area contributed by atoms with Gasteiger partial charge in [0, 0.05) is 17.5 Å². The van der Waals surface area contributed by atoms with E-state index < -0.39 is 12.1 Å². The van der Waals surface area contributed by atoms with Crippen molar-refractivity contribution in [2.45, 2.75) is 32.5 Å². The van der Waals surface area contributed by atoms with Gasteiger partial charge in [-0.1, -0.05) is 47.2 Å². The highest BCUT2D eigenvalue weighted by Crippen LogP contribution is 2.22. The summed E-state index contributed by atoms with van der Waals surface area (Å²) < 4.78 is 5.45. The van der Waals surface area contributed by atoms with Gasteiger partial charge in [-0.15, -0.1) is 0 Å². The lowest BCUT2D eigenvalue weighted by atomic mass is 10.0. The van der Waals surface area contributed by atoms with Gasteiger partial charge < -0.3 is 9.84 Å². The van der Waals surface area contributed by atoms with Gasteiger partial charge >= 0.3 is 5.97 Å². The van der Waals surface area contributed by atoms with E-state index >= 15 is 0 Å². The van der Waals surface area contributed by atoms with Gasteiger partial charge in [0.1, 0.15) is 0 Å². The number of ether oxygens (including phenoxy) is 1. The van der Waals surface area contributed by atoms with Crippen LogP contribution in [0.4, 0.5) is 0 Å². The Morgan fingerprint density at radius 3 is 2.36 bits per heavy atom. The minimum absolute atomic E-state index is 0.154. The molecule has 5 heteroatoms. The Morgan fingerprint density at radius 2 is 1.76 bits per heavy atom. The number of hydrogen-bond donors (Lipinski definition) is 1. The second kappa shape index (κ2) is 8.92. The van der Waals surface area contributed by atoms with Crippen molar-refractivity contribution in [2.75, 3.05) is 0 Å². The van der Waals surface area contributed by atoms with Gasteiger partial charge in [-0.25, -0.2) is 4.79 Å². The zero-order valence-corrected chi connectivity index (χ0v) is 15.4. The van der Waals surface area contributed by atoms with E-state index in [9.17, 15) is 9.90 Å². The third-order valence-electron chi connectivity index (χ3n) is 3.33. The molecular formula is C20H18Cl2O3. The first-order valence-corrected chi connectivity index (χ1v) is 8.55. The van der Waals surface area contributed by atoms with E-state index in [1.54, 1.807) is 18.2 Å². The van der Waals surface area contributed by atoms with E-state index in [0.717, 1.165) is 16.7 Å².